The second-order valence-corrected chi connectivity index (χ2v) is 5.92. The summed E-state index contributed by atoms with van der Waals surface area (Å²) in [5.41, 5.74) is 0. The molecule has 18 heavy (non-hydrogen) atoms. The Balaban J connectivity index is 1.82. The molecule has 102 valence electrons. The van der Waals surface area contributed by atoms with Gasteiger partial charge in [-0.05, 0) is 52.2 Å². The van der Waals surface area contributed by atoms with Crippen molar-refractivity contribution in [2.24, 2.45) is 11.8 Å². The first-order chi connectivity index (χ1) is 8.56. The van der Waals surface area contributed by atoms with Crippen LogP contribution in [0.1, 0.15) is 32.6 Å². The minimum absolute atomic E-state index is 0.220. The average Bonchev–Trinajstić information content (AvgIpc) is 2.76. The Kier molecular flexibility index (Phi) is 4.38. The average molecular weight is 252 g/mol. The molecule has 0 spiro atoms. The number of amides is 1. The van der Waals surface area contributed by atoms with Gasteiger partial charge in [0.25, 0.3) is 0 Å². The van der Waals surface area contributed by atoms with Crippen molar-refractivity contribution in [3.05, 3.63) is 0 Å². The fourth-order valence-electron chi connectivity index (χ4n) is 3.12. The molecule has 4 heteroatoms. The zero-order valence-corrected chi connectivity index (χ0v) is 11.5. The van der Waals surface area contributed by atoms with Gasteiger partial charge in [0, 0.05) is 25.4 Å². The summed E-state index contributed by atoms with van der Waals surface area (Å²) in [5, 5.41) is 0. The van der Waals surface area contributed by atoms with Crippen LogP contribution in [-0.2, 0) is 9.59 Å². The lowest BCUT2D eigenvalue weighted by Crippen LogP contribution is -2.40. The molecule has 4 nitrogen and oxygen atoms in total. The lowest BCUT2D eigenvalue weighted by Gasteiger charge is -2.30. The van der Waals surface area contributed by atoms with Crippen molar-refractivity contribution in [1.29, 1.82) is 0 Å². The van der Waals surface area contributed by atoms with Crippen LogP contribution < -0.4 is 0 Å². The lowest BCUT2D eigenvalue weighted by molar-refractivity contribution is -0.136. The number of ketones is 1. The van der Waals surface area contributed by atoms with Gasteiger partial charge in [-0.3, -0.25) is 4.79 Å². The molecule has 2 aliphatic rings. The summed E-state index contributed by atoms with van der Waals surface area (Å²) in [6.07, 6.45) is 3.61. The highest BCUT2D eigenvalue weighted by atomic mass is 16.2. The standard InChI is InChI=1S/C14H24N2O2/c1-11(17)9-12-3-8-16(10-12)14(18)13-4-6-15(2)7-5-13/h12-13H,3-10H2,1-2H3/t12-/m1/s1. The Morgan fingerprint density at radius 1 is 1.11 bits per heavy atom. The molecule has 1 amide bonds. The SMILES string of the molecule is CC(=O)C[C@H]1CCN(C(=O)C2CCN(C)CC2)C1. The molecule has 0 saturated carbocycles. The molecule has 0 radical (unpaired) electrons. The van der Waals surface area contributed by atoms with Crippen molar-refractivity contribution in [3.8, 4) is 0 Å². The molecular weight excluding hydrogens is 228 g/mol. The van der Waals surface area contributed by atoms with Crippen LogP contribution in [0, 0.1) is 11.8 Å². The van der Waals surface area contributed by atoms with E-state index >= 15 is 0 Å². The summed E-state index contributed by atoms with van der Waals surface area (Å²) in [5.74, 6) is 1.19. The Morgan fingerprint density at radius 3 is 2.39 bits per heavy atom. The minimum atomic E-state index is 0.220. The van der Waals surface area contributed by atoms with E-state index in [1.54, 1.807) is 6.92 Å². The predicted molar refractivity (Wildman–Crippen MR) is 70.2 cm³/mol. The normalized spacial score (nSPS) is 26.6. The summed E-state index contributed by atoms with van der Waals surface area (Å²) in [6.45, 7) is 5.34. The molecule has 2 heterocycles. The molecule has 1 atom stereocenters. The Morgan fingerprint density at radius 2 is 1.78 bits per heavy atom. The third kappa shape index (κ3) is 3.31. The first-order valence-electron chi connectivity index (χ1n) is 7.03. The van der Waals surface area contributed by atoms with Gasteiger partial charge in [0.1, 0.15) is 5.78 Å². The van der Waals surface area contributed by atoms with Crippen molar-refractivity contribution in [1.82, 2.24) is 9.80 Å². The number of Topliss-reactive ketones (excluding diaryl/α,β-unsaturated/α-hetero) is 1. The summed E-state index contributed by atoms with van der Waals surface area (Å²) in [4.78, 5) is 27.7. The van der Waals surface area contributed by atoms with Crippen LogP contribution in [-0.4, -0.2) is 54.7 Å². The predicted octanol–water partition coefficient (Wildman–Crippen LogP) is 1.16. The second kappa shape index (κ2) is 5.83. The molecule has 0 N–H and O–H groups in total. The van der Waals surface area contributed by atoms with E-state index in [-0.39, 0.29) is 11.7 Å². The number of carbonyl (C=O) groups is 2. The van der Waals surface area contributed by atoms with E-state index < -0.39 is 0 Å². The van der Waals surface area contributed by atoms with Gasteiger partial charge in [-0.15, -0.1) is 0 Å². The number of hydrogen-bond donors (Lipinski definition) is 0. The van der Waals surface area contributed by atoms with E-state index in [2.05, 4.69) is 11.9 Å². The van der Waals surface area contributed by atoms with Crippen LogP contribution in [0.2, 0.25) is 0 Å². The van der Waals surface area contributed by atoms with E-state index in [0.29, 0.717) is 18.2 Å². The maximum Gasteiger partial charge on any atom is 0.225 e. The number of rotatable bonds is 3. The zero-order chi connectivity index (χ0) is 13.1. The van der Waals surface area contributed by atoms with E-state index in [9.17, 15) is 9.59 Å². The molecule has 2 rings (SSSR count). The maximum absolute atomic E-state index is 12.4. The highest BCUT2D eigenvalue weighted by molar-refractivity contribution is 5.80. The Hall–Kier alpha value is -0.900. The molecule has 2 aliphatic heterocycles. The molecule has 2 fully saturated rings. The van der Waals surface area contributed by atoms with Crippen molar-refractivity contribution < 1.29 is 9.59 Å². The fourth-order valence-corrected chi connectivity index (χ4v) is 3.12. The van der Waals surface area contributed by atoms with Gasteiger partial charge >= 0.3 is 0 Å². The largest absolute Gasteiger partial charge is 0.342 e. The van der Waals surface area contributed by atoms with Gasteiger partial charge in [0.05, 0.1) is 0 Å². The Bertz CT molecular complexity index is 322. The molecular formula is C14H24N2O2. The molecule has 0 unspecified atom stereocenters. The second-order valence-electron chi connectivity index (χ2n) is 5.92. The van der Waals surface area contributed by atoms with Crippen molar-refractivity contribution in [2.75, 3.05) is 33.2 Å². The molecule has 0 aromatic rings. The molecule has 0 aromatic carbocycles. The van der Waals surface area contributed by atoms with E-state index in [0.717, 1.165) is 45.4 Å². The van der Waals surface area contributed by atoms with Gasteiger partial charge in [0.2, 0.25) is 5.91 Å². The van der Waals surface area contributed by atoms with Crippen molar-refractivity contribution in [3.63, 3.8) is 0 Å². The Labute approximate surface area is 109 Å². The number of hydrogen-bond acceptors (Lipinski definition) is 3. The topological polar surface area (TPSA) is 40.6 Å². The van der Waals surface area contributed by atoms with Crippen molar-refractivity contribution >= 4 is 11.7 Å². The lowest BCUT2D eigenvalue weighted by atomic mass is 9.95. The summed E-state index contributed by atoms with van der Waals surface area (Å²) in [7, 11) is 2.11. The van der Waals surface area contributed by atoms with Crippen LogP contribution in [0.25, 0.3) is 0 Å². The summed E-state index contributed by atoms with van der Waals surface area (Å²) < 4.78 is 0. The van der Waals surface area contributed by atoms with Gasteiger partial charge < -0.3 is 14.6 Å². The van der Waals surface area contributed by atoms with E-state index in [4.69, 9.17) is 0 Å². The monoisotopic (exact) mass is 252 g/mol. The molecule has 0 aliphatic carbocycles. The third-order valence-electron chi connectivity index (χ3n) is 4.24. The van der Waals surface area contributed by atoms with Crippen molar-refractivity contribution in [2.45, 2.75) is 32.6 Å². The maximum atomic E-state index is 12.4. The highest BCUT2D eigenvalue weighted by Gasteiger charge is 2.32. The van der Waals surface area contributed by atoms with Crippen LogP contribution in [0.4, 0.5) is 0 Å². The number of likely N-dealkylation sites (tertiary alicyclic amines) is 2. The van der Waals surface area contributed by atoms with Crippen LogP contribution in [0.5, 0.6) is 0 Å². The minimum Gasteiger partial charge on any atom is -0.342 e. The van der Waals surface area contributed by atoms with Gasteiger partial charge in [-0.25, -0.2) is 0 Å². The quantitative estimate of drug-likeness (QED) is 0.756. The van der Waals surface area contributed by atoms with Gasteiger partial charge in [-0.1, -0.05) is 0 Å². The first kappa shape index (κ1) is 13.5. The van der Waals surface area contributed by atoms with Gasteiger partial charge in [0.15, 0.2) is 0 Å². The molecule has 0 bridgehead atoms. The van der Waals surface area contributed by atoms with Crippen LogP contribution in [0.3, 0.4) is 0 Å². The van der Waals surface area contributed by atoms with E-state index in [1.165, 1.54) is 0 Å². The van der Waals surface area contributed by atoms with Crippen LogP contribution >= 0.6 is 0 Å². The molecule has 0 aromatic heterocycles. The number of piperidine rings is 1. The highest BCUT2D eigenvalue weighted by Crippen LogP contribution is 2.25. The van der Waals surface area contributed by atoms with E-state index in [1.807, 2.05) is 4.90 Å². The smallest absolute Gasteiger partial charge is 0.225 e. The zero-order valence-electron chi connectivity index (χ0n) is 11.5. The summed E-state index contributed by atoms with van der Waals surface area (Å²) in [6, 6.07) is 0. The van der Waals surface area contributed by atoms with Gasteiger partial charge in [-0.2, -0.15) is 0 Å². The third-order valence-corrected chi connectivity index (χ3v) is 4.24. The first-order valence-corrected chi connectivity index (χ1v) is 7.03. The number of nitrogens with zero attached hydrogens (tertiary/aromatic N) is 2. The number of carbonyl (C=O) groups excluding carboxylic acids is 2. The van der Waals surface area contributed by atoms with Crippen LogP contribution in [0.15, 0.2) is 0 Å². The fraction of sp³-hybridized carbons (Fsp3) is 0.857. The summed E-state index contributed by atoms with van der Waals surface area (Å²) >= 11 is 0. The molecule has 2 saturated heterocycles.